The van der Waals surface area contributed by atoms with Crippen LogP contribution in [0.1, 0.15) is 40.0 Å². The monoisotopic (exact) mass is 291 g/mol. The molecule has 0 aromatic rings. The smallest absolute Gasteiger partial charge is 0.240 e. The van der Waals surface area contributed by atoms with Gasteiger partial charge in [0.2, 0.25) is 11.8 Å². The Morgan fingerprint density at radius 2 is 1.89 bits per heavy atom. The molecule has 1 aliphatic carbocycles. The van der Waals surface area contributed by atoms with Crippen LogP contribution in [0.15, 0.2) is 0 Å². The first-order chi connectivity index (χ1) is 8.20. The molecule has 0 saturated heterocycles. The fourth-order valence-corrected chi connectivity index (χ4v) is 2.33. The largest absolute Gasteiger partial charge is 0.350 e. The fraction of sp³-hybridized carbons (Fsp3) is 0.846. The topological polar surface area (TPSA) is 75.4 Å². The minimum absolute atomic E-state index is 0. The Hall–Kier alpha value is -0.810. The first-order valence-electron chi connectivity index (χ1n) is 6.52. The summed E-state index contributed by atoms with van der Waals surface area (Å²) in [6, 6.07) is -0.0503. The molecule has 0 spiro atoms. The molecule has 3 N–H and O–H groups in total. The lowest BCUT2D eigenvalue weighted by Gasteiger charge is -2.26. The quantitative estimate of drug-likeness (QED) is 0.811. The SMILES string of the molecule is CN(CC(=O)NC(C)(C)C)C(=O)C1CCCC1N.Cl. The molecule has 1 rings (SSSR count). The maximum absolute atomic E-state index is 12.1. The van der Waals surface area contributed by atoms with Gasteiger partial charge in [0.15, 0.2) is 0 Å². The summed E-state index contributed by atoms with van der Waals surface area (Å²) >= 11 is 0. The summed E-state index contributed by atoms with van der Waals surface area (Å²) in [6.07, 6.45) is 2.74. The van der Waals surface area contributed by atoms with E-state index in [2.05, 4.69) is 5.32 Å². The number of nitrogens with two attached hydrogens (primary N) is 1. The number of nitrogens with one attached hydrogen (secondary N) is 1. The molecule has 1 saturated carbocycles. The van der Waals surface area contributed by atoms with E-state index in [-0.39, 0.29) is 48.3 Å². The molecule has 2 atom stereocenters. The number of likely N-dealkylation sites (N-methyl/N-ethyl adjacent to an activating group) is 1. The van der Waals surface area contributed by atoms with Crippen molar-refractivity contribution in [3.05, 3.63) is 0 Å². The predicted octanol–water partition coefficient (Wildman–Crippen LogP) is 0.909. The summed E-state index contributed by atoms with van der Waals surface area (Å²) in [7, 11) is 1.66. The van der Waals surface area contributed by atoms with Crippen LogP contribution in [0.5, 0.6) is 0 Å². The normalized spacial score (nSPS) is 22.6. The predicted molar refractivity (Wildman–Crippen MR) is 78.1 cm³/mol. The van der Waals surface area contributed by atoms with Crippen LogP contribution in [0.3, 0.4) is 0 Å². The Balaban J connectivity index is 0.00000324. The van der Waals surface area contributed by atoms with E-state index in [0.29, 0.717) is 0 Å². The zero-order valence-electron chi connectivity index (χ0n) is 12.2. The number of halogens is 1. The molecule has 19 heavy (non-hydrogen) atoms. The summed E-state index contributed by atoms with van der Waals surface area (Å²) in [5.41, 5.74) is 5.63. The van der Waals surface area contributed by atoms with Crippen molar-refractivity contribution in [2.45, 2.75) is 51.6 Å². The third-order valence-corrected chi connectivity index (χ3v) is 3.16. The standard InChI is InChI=1S/C13H25N3O2.ClH/c1-13(2,3)15-11(17)8-16(4)12(18)9-6-5-7-10(9)14;/h9-10H,5-8,14H2,1-4H3,(H,15,17);1H. The third-order valence-electron chi connectivity index (χ3n) is 3.16. The van der Waals surface area contributed by atoms with Gasteiger partial charge in [0.25, 0.3) is 0 Å². The lowest BCUT2D eigenvalue weighted by Crippen LogP contribution is -2.48. The number of amides is 2. The highest BCUT2D eigenvalue weighted by Crippen LogP contribution is 2.25. The van der Waals surface area contributed by atoms with E-state index in [1.165, 1.54) is 4.90 Å². The van der Waals surface area contributed by atoms with Crippen LogP contribution in [0.2, 0.25) is 0 Å². The van der Waals surface area contributed by atoms with Crippen molar-refractivity contribution in [2.24, 2.45) is 11.7 Å². The van der Waals surface area contributed by atoms with Gasteiger partial charge < -0.3 is 16.0 Å². The van der Waals surface area contributed by atoms with E-state index in [0.717, 1.165) is 19.3 Å². The molecule has 1 fully saturated rings. The van der Waals surface area contributed by atoms with Gasteiger partial charge in [-0.3, -0.25) is 9.59 Å². The molecule has 0 heterocycles. The molecule has 1 aliphatic rings. The van der Waals surface area contributed by atoms with Gasteiger partial charge in [-0.2, -0.15) is 0 Å². The molecule has 0 radical (unpaired) electrons. The van der Waals surface area contributed by atoms with Crippen molar-refractivity contribution in [3.8, 4) is 0 Å². The average Bonchev–Trinajstić information content (AvgIpc) is 2.60. The number of hydrogen-bond acceptors (Lipinski definition) is 3. The van der Waals surface area contributed by atoms with Gasteiger partial charge in [-0.05, 0) is 33.6 Å². The summed E-state index contributed by atoms with van der Waals surface area (Å²) in [5, 5.41) is 2.84. The van der Waals surface area contributed by atoms with Gasteiger partial charge >= 0.3 is 0 Å². The van der Waals surface area contributed by atoms with Crippen molar-refractivity contribution in [1.29, 1.82) is 0 Å². The average molecular weight is 292 g/mol. The second kappa shape index (κ2) is 7.10. The Morgan fingerprint density at radius 3 is 2.32 bits per heavy atom. The van der Waals surface area contributed by atoms with E-state index in [9.17, 15) is 9.59 Å². The van der Waals surface area contributed by atoms with Crippen LogP contribution in [0, 0.1) is 5.92 Å². The molecular formula is C13H26ClN3O2. The number of carbonyl (C=O) groups is 2. The Bertz CT molecular complexity index is 328. The Labute approximate surface area is 121 Å². The zero-order valence-corrected chi connectivity index (χ0v) is 13.0. The van der Waals surface area contributed by atoms with Crippen LogP contribution in [-0.2, 0) is 9.59 Å². The molecule has 0 aromatic carbocycles. The maximum atomic E-state index is 12.1. The molecule has 2 unspecified atom stereocenters. The van der Waals surface area contributed by atoms with E-state index >= 15 is 0 Å². The van der Waals surface area contributed by atoms with Gasteiger partial charge in [0, 0.05) is 18.6 Å². The second-order valence-electron chi connectivity index (χ2n) is 6.19. The van der Waals surface area contributed by atoms with Gasteiger partial charge in [0.05, 0.1) is 12.5 Å². The summed E-state index contributed by atoms with van der Waals surface area (Å²) < 4.78 is 0. The minimum Gasteiger partial charge on any atom is -0.350 e. The Morgan fingerprint density at radius 1 is 1.32 bits per heavy atom. The van der Waals surface area contributed by atoms with Gasteiger partial charge in [-0.25, -0.2) is 0 Å². The summed E-state index contributed by atoms with van der Waals surface area (Å²) in [5.74, 6) is -0.258. The molecule has 112 valence electrons. The molecule has 6 heteroatoms. The van der Waals surface area contributed by atoms with E-state index in [1.807, 2.05) is 20.8 Å². The van der Waals surface area contributed by atoms with E-state index in [1.54, 1.807) is 7.05 Å². The first kappa shape index (κ1) is 18.2. The maximum Gasteiger partial charge on any atom is 0.240 e. The lowest BCUT2D eigenvalue weighted by atomic mass is 10.0. The fourth-order valence-electron chi connectivity index (χ4n) is 2.33. The van der Waals surface area contributed by atoms with Gasteiger partial charge in [-0.15, -0.1) is 12.4 Å². The third kappa shape index (κ3) is 5.78. The minimum atomic E-state index is -0.273. The number of hydrogen-bond donors (Lipinski definition) is 2. The molecule has 0 bridgehead atoms. The van der Waals surface area contributed by atoms with Crippen LogP contribution in [0.25, 0.3) is 0 Å². The molecule has 0 aromatic heterocycles. The number of nitrogens with zero attached hydrogens (tertiary/aromatic N) is 1. The molecule has 2 amide bonds. The van der Waals surface area contributed by atoms with Crippen molar-refractivity contribution in [2.75, 3.05) is 13.6 Å². The lowest BCUT2D eigenvalue weighted by molar-refractivity contribution is -0.138. The summed E-state index contributed by atoms with van der Waals surface area (Å²) in [6.45, 7) is 5.85. The second-order valence-corrected chi connectivity index (χ2v) is 6.19. The first-order valence-corrected chi connectivity index (χ1v) is 6.52. The van der Waals surface area contributed by atoms with Crippen molar-refractivity contribution < 1.29 is 9.59 Å². The van der Waals surface area contributed by atoms with Crippen LogP contribution in [0.4, 0.5) is 0 Å². The highest BCUT2D eigenvalue weighted by Gasteiger charge is 2.32. The van der Waals surface area contributed by atoms with Crippen LogP contribution < -0.4 is 11.1 Å². The summed E-state index contributed by atoms with van der Waals surface area (Å²) in [4.78, 5) is 25.3. The van der Waals surface area contributed by atoms with Crippen molar-refractivity contribution in [1.82, 2.24) is 10.2 Å². The Kier molecular flexibility index (Phi) is 6.80. The molecule has 5 nitrogen and oxygen atoms in total. The van der Waals surface area contributed by atoms with E-state index in [4.69, 9.17) is 5.73 Å². The highest BCUT2D eigenvalue weighted by molar-refractivity contribution is 5.86. The van der Waals surface area contributed by atoms with Crippen molar-refractivity contribution >= 4 is 24.2 Å². The van der Waals surface area contributed by atoms with Crippen LogP contribution >= 0.6 is 12.4 Å². The highest BCUT2D eigenvalue weighted by atomic mass is 35.5. The molecule has 0 aliphatic heterocycles. The van der Waals surface area contributed by atoms with Gasteiger partial charge in [-0.1, -0.05) is 6.42 Å². The van der Waals surface area contributed by atoms with E-state index < -0.39 is 0 Å². The van der Waals surface area contributed by atoms with Crippen LogP contribution in [-0.4, -0.2) is 41.9 Å². The zero-order chi connectivity index (χ0) is 13.9. The number of rotatable bonds is 3. The molecular weight excluding hydrogens is 266 g/mol. The van der Waals surface area contributed by atoms with Crippen molar-refractivity contribution in [3.63, 3.8) is 0 Å². The van der Waals surface area contributed by atoms with Gasteiger partial charge in [0.1, 0.15) is 0 Å². The number of carbonyl (C=O) groups excluding carboxylic acids is 2.